The van der Waals surface area contributed by atoms with Gasteiger partial charge in [0, 0.05) is 18.5 Å². The van der Waals surface area contributed by atoms with E-state index in [0.717, 1.165) is 5.52 Å². The van der Waals surface area contributed by atoms with Gasteiger partial charge in [0.15, 0.2) is 5.78 Å². The van der Waals surface area contributed by atoms with Crippen LogP contribution in [-0.2, 0) is 7.05 Å². The summed E-state index contributed by atoms with van der Waals surface area (Å²) in [6.07, 6.45) is 0.266. The number of nitrogens with zero attached hydrogens (tertiary/aromatic N) is 1. The molecule has 0 bridgehead atoms. The fraction of sp³-hybridized carbons (Fsp3) is 0.300. The second kappa shape index (κ2) is 5.09. The van der Waals surface area contributed by atoms with Crippen molar-refractivity contribution in [1.82, 2.24) is 4.57 Å². The van der Waals surface area contributed by atoms with Gasteiger partial charge in [-0.1, -0.05) is 12.1 Å². The number of carbonyl (C=O) groups excluding carboxylic acids is 1. The van der Waals surface area contributed by atoms with Crippen molar-refractivity contribution in [3.63, 3.8) is 0 Å². The minimum atomic E-state index is -0.585. The Morgan fingerprint density at radius 3 is 2.64 bits per heavy atom. The minimum Gasteiger partial charge on any atom is -0.496 e. The summed E-state index contributed by atoms with van der Waals surface area (Å²) in [6.45, 7) is 3.76. The Kier molecular flexibility index (Phi) is 3.19. The van der Waals surface area contributed by atoms with Crippen LogP contribution in [0.3, 0.4) is 0 Å². The fourth-order valence-corrected chi connectivity index (χ4v) is 3.71. The number of aryl methyl sites for hydroxylation is 1. The predicted molar refractivity (Wildman–Crippen MR) is 96.9 cm³/mol. The molecule has 0 atom stereocenters. The Morgan fingerprint density at radius 2 is 1.92 bits per heavy atom. The highest BCUT2D eigenvalue weighted by molar-refractivity contribution is 6.13. The Labute approximate surface area is 144 Å². The zero-order chi connectivity index (χ0) is 17.9. The van der Waals surface area contributed by atoms with E-state index in [2.05, 4.69) is 0 Å². The number of ether oxygens (including phenoxy) is 2. The lowest BCUT2D eigenvalue weighted by Crippen LogP contribution is -2.36. The summed E-state index contributed by atoms with van der Waals surface area (Å²) in [6, 6.07) is 9.03. The van der Waals surface area contributed by atoms with Crippen LogP contribution in [0.5, 0.6) is 11.5 Å². The molecule has 0 unspecified atom stereocenters. The molecular weight excluding hydrogens is 318 g/mol. The number of hydrogen-bond acceptors (Lipinski definition) is 4. The number of para-hydroxylation sites is 1. The highest BCUT2D eigenvalue weighted by atomic mass is 16.5. The largest absolute Gasteiger partial charge is 0.496 e. The molecule has 1 aliphatic heterocycles. The lowest BCUT2D eigenvalue weighted by molar-refractivity contribution is 0.0622. The zero-order valence-corrected chi connectivity index (χ0v) is 14.7. The van der Waals surface area contributed by atoms with Crippen LogP contribution in [0.4, 0.5) is 0 Å². The van der Waals surface area contributed by atoms with E-state index >= 15 is 0 Å². The van der Waals surface area contributed by atoms with Gasteiger partial charge in [0.05, 0.1) is 35.5 Å². The van der Waals surface area contributed by atoms with Crippen LogP contribution in [0.1, 0.15) is 30.6 Å². The summed E-state index contributed by atoms with van der Waals surface area (Å²) in [5.74, 6) is 0.866. The molecule has 0 N–H and O–H groups in total. The van der Waals surface area contributed by atoms with E-state index in [9.17, 15) is 9.59 Å². The minimum absolute atomic E-state index is 0.0239. The number of rotatable bonds is 1. The van der Waals surface area contributed by atoms with Crippen molar-refractivity contribution in [3.05, 3.63) is 46.1 Å². The summed E-state index contributed by atoms with van der Waals surface area (Å²) in [7, 11) is 3.38. The lowest BCUT2D eigenvalue weighted by atomic mass is 9.90. The molecule has 1 aliphatic rings. The smallest absolute Gasteiger partial charge is 0.200 e. The number of pyridine rings is 1. The van der Waals surface area contributed by atoms with Gasteiger partial charge in [-0.3, -0.25) is 9.59 Å². The van der Waals surface area contributed by atoms with Crippen LogP contribution in [0.2, 0.25) is 0 Å². The van der Waals surface area contributed by atoms with Gasteiger partial charge in [0.1, 0.15) is 17.1 Å². The third kappa shape index (κ3) is 2.15. The maximum atomic E-state index is 13.1. The van der Waals surface area contributed by atoms with E-state index in [0.29, 0.717) is 33.4 Å². The Morgan fingerprint density at radius 1 is 1.20 bits per heavy atom. The molecule has 0 fully saturated rings. The summed E-state index contributed by atoms with van der Waals surface area (Å²) >= 11 is 0. The van der Waals surface area contributed by atoms with Crippen LogP contribution >= 0.6 is 0 Å². The third-order valence-corrected chi connectivity index (χ3v) is 4.77. The van der Waals surface area contributed by atoms with Crippen LogP contribution in [-0.4, -0.2) is 23.1 Å². The van der Waals surface area contributed by atoms with Crippen molar-refractivity contribution in [2.24, 2.45) is 7.05 Å². The highest BCUT2D eigenvalue weighted by Gasteiger charge is 2.36. The molecular formula is C20H19NO4. The average Bonchev–Trinajstić information content (AvgIpc) is 2.57. The van der Waals surface area contributed by atoms with Crippen molar-refractivity contribution in [2.45, 2.75) is 25.9 Å². The van der Waals surface area contributed by atoms with Gasteiger partial charge in [-0.05, 0) is 26.0 Å². The molecule has 0 saturated carbocycles. The van der Waals surface area contributed by atoms with Gasteiger partial charge in [-0.25, -0.2) is 0 Å². The van der Waals surface area contributed by atoms with Crippen LogP contribution < -0.4 is 14.9 Å². The van der Waals surface area contributed by atoms with E-state index in [-0.39, 0.29) is 17.6 Å². The molecule has 2 aromatic carbocycles. The first-order valence-electron chi connectivity index (χ1n) is 8.19. The molecule has 5 nitrogen and oxygen atoms in total. The van der Waals surface area contributed by atoms with Crippen molar-refractivity contribution in [2.75, 3.05) is 7.11 Å². The number of ketones is 1. The molecule has 1 aromatic heterocycles. The molecule has 128 valence electrons. The Bertz CT molecular complexity index is 1110. The van der Waals surface area contributed by atoms with Gasteiger partial charge >= 0.3 is 0 Å². The zero-order valence-electron chi connectivity index (χ0n) is 14.7. The van der Waals surface area contributed by atoms with E-state index < -0.39 is 5.60 Å². The van der Waals surface area contributed by atoms with Crippen molar-refractivity contribution < 1.29 is 14.3 Å². The Balaban J connectivity index is 2.27. The molecule has 0 radical (unpaired) electrons. The van der Waals surface area contributed by atoms with Gasteiger partial charge in [-0.15, -0.1) is 0 Å². The van der Waals surface area contributed by atoms with Gasteiger partial charge < -0.3 is 14.0 Å². The quantitative estimate of drug-likeness (QED) is 0.638. The van der Waals surface area contributed by atoms with E-state index in [1.807, 2.05) is 43.7 Å². The predicted octanol–water partition coefficient (Wildman–Crippen LogP) is 3.44. The molecule has 0 amide bonds. The normalized spacial score (nSPS) is 15.9. The van der Waals surface area contributed by atoms with Crippen LogP contribution in [0.25, 0.3) is 21.8 Å². The van der Waals surface area contributed by atoms with Gasteiger partial charge in [0.25, 0.3) is 0 Å². The van der Waals surface area contributed by atoms with E-state index in [1.54, 1.807) is 12.1 Å². The van der Waals surface area contributed by atoms with Crippen LogP contribution in [0, 0.1) is 0 Å². The number of fused-ring (bicyclic) bond motifs is 4. The molecule has 5 heteroatoms. The number of hydrogen-bond donors (Lipinski definition) is 0. The van der Waals surface area contributed by atoms with E-state index in [1.165, 1.54) is 7.11 Å². The second-order valence-corrected chi connectivity index (χ2v) is 7.04. The van der Waals surface area contributed by atoms with Crippen LogP contribution in [0.15, 0.2) is 35.1 Å². The molecule has 0 spiro atoms. The number of benzene rings is 2. The topological polar surface area (TPSA) is 57.5 Å². The summed E-state index contributed by atoms with van der Waals surface area (Å²) in [4.78, 5) is 26.0. The average molecular weight is 337 g/mol. The summed E-state index contributed by atoms with van der Waals surface area (Å²) in [5, 5.41) is 1.01. The standard InChI is InChI=1S/C20H19NO4/c1-20(2)10-13(22)16-15(25-20)9-14(24-4)17-18(16)21(3)12-8-6-5-7-11(12)19(17)23/h5-9H,10H2,1-4H3. The summed E-state index contributed by atoms with van der Waals surface area (Å²) < 4.78 is 13.4. The van der Waals surface area contributed by atoms with Gasteiger partial charge in [-0.2, -0.15) is 0 Å². The fourth-order valence-electron chi connectivity index (χ4n) is 3.71. The molecule has 0 saturated heterocycles. The Hall–Kier alpha value is -2.82. The second-order valence-electron chi connectivity index (χ2n) is 7.04. The number of carbonyl (C=O) groups is 1. The number of methoxy groups -OCH3 is 1. The molecule has 4 rings (SSSR count). The van der Waals surface area contributed by atoms with E-state index in [4.69, 9.17) is 9.47 Å². The lowest BCUT2D eigenvalue weighted by Gasteiger charge is -2.32. The van der Waals surface area contributed by atoms with Crippen molar-refractivity contribution in [3.8, 4) is 11.5 Å². The summed E-state index contributed by atoms with van der Waals surface area (Å²) in [5.41, 5.74) is 1.08. The van der Waals surface area contributed by atoms with Crippen molar-refractivity contribution in [1.29, 1.82) is 0 Å². The first-order chi connectivity index (χ1) is 11.8. The number of aromatic nitrogens is 1. The van der Waals surface area contributed by atoms with Crippen molar-refractivity contribution >= 4 is 27.6 Å². The molecule has 3 aromatic rings. The highest BCUT2D eigenvalue weighted by Crippen LogP contribution is 2.41. The molecule has 2 heterocycles. The third-order valence-electron chi connectivity index (χ3n) is 4.77. The van der Waals surface area contributed by atoms with Gasteiger partial charge in [0.2, 0.25) is 5.43 Å². The first kappa shape index (κ1) is 15.7. The maximum Gasteiger partial charge on any atom is 0.200 e. The maximum absolute atomic E-state index is 13.1. The molecule has 25 heavy (non-hydrogen) atoms. The monoisotopic (exact) mass is 337 g/mol. The first-order valence-corrected chi connectivity index (χ1v) is 8.19. The number of Topliss-reactive ketones (excluding diaryl/α,β-unsaturated/α-hetero) is 1. The molecule has 0 aliphatic carbocycles. The SMILES string of the molecule is COc1cc2c(c3c1c(=O)c1ccccc1n3C)C(=O)CC(C)(C)O2.